The highest BCUT2D eigenvalue weighted by Crippen LogP contribution is 2.37. The highest BCUT2D eigenvalue weighted by atomic mass is 35.5. The summed E-state index contributed by atoms with van der Waals surface area (Å²) < 4.78 is 14.2. The number of rotatable bonds is 6. The van der Waals surface area contributed by atoms with Gasteiger partial charge >= 0.3 is 7.12 Å². The van der Waals surface area contributed by atoms with Gasteiger partial charge in [-0.2, -0.15) is 0 Å². The molecule has 6 heteroatoms. The summed E-state index contributed by atoms with van der Waals surface area (Å²) in [5.74, 6) is 0. The minimum atomic E-state index is -0.544. The molecular formula is C22H29BClNO3. The molecule has 0 saturated carbocycles. The molecule has 1 aliphatic heterocycles. The van der Waals surface area contributed by atoms with Gasteiger partial charge in [0.05, 0.1) is 17.7 Å². The number of hydrogen-bond acceptors (Lipinski definition) is 3. The topological polar surface area (TPSA) is 40.5 Å². The van der Waals surface area contributed by atoms with Crippen LogP contribution in [0, 0.1) is 0 Å². The second-order valence-electron chi connectivity index (χ2n) is 8.49. The van der Waals surface area contributed by atoms with Gasteiger partial charge in [0.15, 0.2) is 0 Å². The van der Waals surface area contributed by atoms with Crippen molar-refractivity contribution in [3.8, 4) is 0 Å². The summed E-state index contributed by atoms with van der Waals surface area (Å²) in [6.07, 6.45) is 4.57. The zero-order chi connectivity index (χ0) is 20.5. The van der Waals surface area contributed by atoms with Gasteiger partial charge in [-0.05, 0) is 51.7 Å². The first-order valence-electron chi connectivity index (χ1n) is 9.97. The van der Waals surface area contributed by atoms with Crippen molar-refractivity contribution in [2.45, 2.75) is 71.6 Å². The smallest absolute Gasteiger partial charge is 0.399 e. The Morgan fingerprint density at radius 1 is 1.07 bits per heavy atom. The fraction of sp³-hybridized carbons (Fsp3) is 0.500. The number of halogens is 1. The van der Waals surface area contributed by atoms with Gasteiger partial charge in [-0.1, -0.05) is 55.3 Å². The molecule has 1 aliphatic rings. The molecule has 0 N–H and O–H groups in total. The predicted molar refractivity (Wildman–Crippen MR) is 116 cm³/mol. The maximum atomic E-state index is 12.9. The highest BCUT2D eigenvalue weighted by molar-refractivity contribution is 6.63. The van der Waals surface area contributed by atoms with Gasteiger partial charge in [0.2, 0.25) is 0 Å². The molecule has 0 spiro atoms. The van der Waals surface area contributed by atoms with Crippen molar-refractivity contribution in [2.75, 3.05) is 0 Å². The maximum Gasteiger partial charge on any atom is 0.496 e. The lowest BCUT2D eigenvalue weighted by atomic mass is 9.76. The van der Waals surface area contributed by atoms with Crippen LogP contribution in [-0.2, 0) is 22.3 Å². The molecule has 1 saturated heterocycles. The Labute approximate surface area is 173 Å². The van der Waals surface area contributed by atoms with E-state index in [1.807, 2.05) is 64.2 Å². The van der Waals surface area contributed by atoms with Crippen molar-refractivity contribution < 1.29 is 9.31 Å². The number of unbranched alkanes of at least 4 members (excludes halogenated alkanes) is 1. The van der Waals surface area contributed by atoms with E-state index in [-0.39, 0.29) is 10.6 Å². The Morgan fingerprint density at radius 3 is 2.25 bits per heavy atom. The number of benzene rings is 1. The van der Waals surface area contributed by atoms with Crippen LogP contribution in [0.5, 0.6) is 0 Å². The summed E-state index contributed by atoms with van der Waals surface area (Å²) >= 11 is 6.58. The Bertz CT molecular complexity index is 877. The van der Waals surface area contributed by atoms with E-state index in [4.69, 9.17) is 20.9 Å². The number of nitrogens with zero attached hydrogens (tertiary/aromatic N) is 1. The molecule has 4 nitrogen and oxygen atoms in total. The van der Waals surface area contributed by atoms with Crippen molar-refractivity contribution in [3.05, 3.63) is 63.0 Å². The molecule has 0 unspecified atom stereocenters. The molecule has 150 valence electrons. The molecule has 1 fully saturated rings. The molecule has 1 aromatic heterocycles. The number of aromatic nitrogens is 1. The quantitative estimate of drug-likeness (QED) is 0.681. The highest BCUT2D eigenvalue weighted by Gasteiger charge is 2.52. The van der Waals surface area contributed by atoms with Gasteiger partial charge in [-0.15, -0.1) is 0 Å². The van der Waals surface area contributed by atoms with Crippen molar-refractivity contribution in [1.29, 1.82) is 0 Å². The molecule has 1 aromatic carbocycles. The van der Waals surface area contributed by atoms with Gasteiger partial charge in [0.25, 0.3) is 5.56 Å². The van der Waals surface area contributed by atoms with E-state index in [1.165, 1.54) is 0 Å². The molecule has 0 radical (unpaired) electrons. The minimum Gasteiger partial charge on any atom is -0.399 e. The molecule has 2 heterocycles. The van der Waals surface area contributed by atoms with E-state index in [2.05, 4.69) is 6.92 Å². The lowest BCUT2D eigenvalue weighted by molar-refractivity contribution is 0.00578. The third kappa shape index (κ3) is 4.07. The van der Waals surface area contributed by atoms with E-state index < -0.39 is 18.3 Å². The second kappa shape index (κ2) is 8.06. The van der Waals surface area contributed by atoms with Crippen molar-refractivity contribution in [2.24, 2.45) is 0 Å². The molecule has 3 rings (SSSR count). The zero-order valence-electron chi connectivity index (χ0n) is 17.4. The van der Waals surface area contributed by atoms with Crippen LogP contribution in [0.25, 0.3) is 0 Å². The fourth-order valence-corrected chi connectivity index (χ4v) is 3.68. The van der Waals surface area contributed by atoms with Crippen molar-refractivity contribution >= 4 is 24.2 Å². The van der Waals surface area contributed by atoms with Crippen molar-refractivity contribution in [3.63, 3.8) is 0 Å². The van der Waals surface area contributed by atoms with Crippen LogP contribution >= 0.6 is 11.6 Å². The standard InChI is InChI=1S/C22H29BClNO3/c1-6-7-13-17-18(23-27-21(2,3)22(4,5)28-23)15-25(20(26)19(17)24)14-16-11-9-8-10-12-16/h8-12,15H,6-7,13-14H2,1-5H3. The second-order valence-corrected chi connectivity index (χ2v) is 8.87. The van der Waals surface area contributed by atoms with E-state index in [0.29, 0.717) is 6.54 Å². The maximum absolute atomic E-state index is 12.9. The first-order chi connectivity index (χ1) is 13.2. The summed E-state index contributed by atoms with van der Waals surface area (Å²) in [6.45, 7) is 10.7. The third-order valence-corrected chi connectivity index (χ3v) is 6.23. The molecule has 2 aromatic rings. The Hall–Kier alpha value is -1.56. The van der Waals surface area contributed by atoms with Gasteiger partial charge < -0.3 is 13.9 Å². The van der Waals surface area contributed by atoms with Crippen LogP contribution in [0.15, 0.2) is 41.3 Å². The van der Waals surface area contributed by atoms with E-state index in [1.54, 1.807) is 4.57 Å². The zero-order valence-corrected chi connectivity index (χ0v) is 18.2. The molecule has 0 aliphatic carbocycles. The van der Waals surface area contributed by atoms with Crippen LogP contribution in [0.4, 0.5) is 0 Å². The van der Waals surface area contributed by atoms with Gasteiger partial charge in [0, 0.05) is 11.7 Å². The number of hydrogen-bond donors (Lipinski definition) is 0. The molecule has 28 heavy (non-hydrogen) atoms. The van der Waals surface area contributed by atoms with E-state index in [0.717, 1.165) is 35.9 Å². The SMILES string of the molecule is CCCCc1c(B2OC(C)(C)C(C)(C)O2)cn(Cc2ccccc2)c(=O)c1Cl. The van der Waals surface area contributed by atoms with Crippen LogP contribution in [0.3, 0.4) is 0 Å². The van der Waals surface area contributed by atoms with Crippen LogP contribution < -0.4 is 11.0 Å². The molecular weight excluding hydrogens is 373 g/mol. The van der Waals surface area contributed by atoms with Crippen LogP contribution in [-0.4, -0.2) is 22.9 Å². The molecule has 0 atom stereocenters. The Kier molecular flexibility index (Phi) is 6.09. The molecule has 0 bridgehead atoms. The normalized spacial score (nSPS) is 17.9. The van der Waals surface area contributed by atoms with Crippen molar-refractivity contribution in [1.82, 2.24) is 4.57 Å². The Balaban J connectivity index is 2.07. The summed E-state index contributed by atoms with van der Waals surface area (Å²) in [5.41, 5.74) is 1.67. The fourth-order valence-electron chi connectivity index (χ4n) is 3.36. The average Bonchev–Trinajstić information content (AvgIpc) is 2.86. The minimum absolute atomic E-state index is 0.170. The van der Waals surface area contributed by atoms with E-state index >= 15 is 0 Å². The van der Waals surface area contributed by atoms with Gasteiger partial charge in [-0.25, -0.2) is 0 Å². The lowest BCUT2D eigenvalue weighted by Gasteiger charge is -2.32. The average molecular weight is 402 g/mol. The summed E-state index contributed by atoms with van der Waals surface area (Å²) in [6, 6.07) is 9.89. The summed E-state index contributed by atoms with van der Waals surface area (Å²) in [7, 11) is -0.544. The third-order valence-electron chi connectivity index (χ3n) is 5.84. The summed E-state index contributed by atoms with van der Waals surface area (Å²) in [5, 5.41) is 0.275. The number of pyridine rings is 1. The molecule has 0 amide bonds. The largest absolute Gasteiger partial charge is 0.496 e. The van der Waals surface area contributed by atoms with Gasteiger partial charge in [0.1, 0.15) is 5.02 Å². The predicted octanol–water partition coefficient (Wildman–Crippen LogP) is 4.19. The monoisotopic (exact) mass is 401 g/mol. The van der Waals surface area contributed by atoms with E-state index in [9.17, 15) is 4.79 Å². The first kappa shape index (κ1) is 21.2. The Morgan fingerprint density at radius 2 is 1.68 bits per heavy atom. The summed E-state index contributed by atoms with van der Waals surface area (Å²) in [4.78, 5) is 12.9. The first-order valence-corrected chi connectivity index (χ1v) is 10.4. The lowest BCUT2D eigenvalue weighted by Crippen LogP contribution is -2.41. The van der Waals surface area contributed by atoms with Gasteiger partial charge in [-0.3, -0.25) is 4.79 Å². The van der Waals surface area contributed by atoms with Crippen LogP contribution in [0.1, 0.15) is 58.6 Å². The van der Waals surface area contributed by atoms with Crippen LogP contribution in [0.2, 0.25) is 5.02 Å².